The molecule has 3 atom stereocenters. The summed E-state index contributed by atoms with van der Waals surface area (Å²) >= 11 is 1.58. The van der Waals surface area contributed by atoms with Gasteiger partial charge in [0.25, 0.3) is 0 Å². The number of ketones is 1. The summed E-state index contributed by atoms with van der Waals surface area (Å²) < 4.78 is 39.8. The maximum Gasteiger partial charge on any atom is 0.416 e. The number of allylic oxidation sites excluding steroid dienone is 1. The average Bonchev–Trinajstić information content (AvgIpc) is 3.33. The van der Waals surface area contributed by atoms with Gasteiger partial charge in [0.2, 0.25) is 5.91 Å². The van der Waals surface area contributed by atoms with Gasteiger partial charge in [-0.3, -0.25) is 9.59 Å². The number of alkyl halides is 3. The van der Waals surface area contributed by atoms with Crippen molar-refractivity contribution in [2.45, 2.75) is 37.9 Å². The first-order valence-corrected chi connectivity index (χ1v) is 12.3. The first-order chi connectivity index (χ1) is 16.8. The highest BCUT2D eigenvalue weighted by Crippen LogP contribution is 2.48. The molecule has 3 unspecified atom stereocenters. The Morgan fingerprint density at radius 2 is 1.83 bits per heavy atom. The number of hydrogen-bond acceptors (Lipinski definition) is 4. The quantitative estimate of drug-likeness (QED) is 0.428. The van der Waals surface area contributed by atoms with Crippen LogP contribution in [-0.2, 0) is 15.8 Å². The highest BCUT2D eigenvalue weighted by atomic mass is 32.1. The number of nitrogens with one attached hydrogen (secondary N) is 1. The van der Waals surface area contributed by atoms with Crippen molar-refractivity contribution in [3.05, 3.63) is 93.8 Å². The van der Waals surface area contributed by atoms with Gasteiger partial charge in [-0.25, -0.2) is 0 Å². The molecule has 0 saturated carbocycles. The molecule has 5 rings (SSSR count). The number of benzene rings is 2. The lowest BCUT2D eigenvalue weighted by atomic mass is 9.77. The number of hydrogen-bond donors (Lipinski definition) is 1. The van der Waals surface area contributed by atoms with E-state index < -0.39 is 23.7 Å². The smallest absolute Gasteiger partial charge is 0.357 e. The van der Waals surface area contributed by atoms with Crippen molar-refractivity contribution < 1.29 is 22.8 Å². The van der Waals surface area contributed by atoms with Crippen LogP contribution in [0.15, 0.2) is 77.8 Å². The van der Waals surface area contributed by atoms with E-state index in [1.807, 2.05) is 35.7 Å². The maximum atomic E-state index is 13.7. The Labute approximate surface area is 205 Å². The molecule has 35 heavy (non-hydrogen) atoms. The van der Waals surface area contributed by atoms with E-state index in [1.54, 1.807) is 35.3 Å². The summed E-state index contributed by atoms with van der Waals surface area (Å²) in [5, 5.41) is 5.36. The van der Waals surface area contributed by atoms with Gasteiger partial charge in [0.1, 0.15) is 5.78 Å². The third-order valence-corrected chi connectivity index (χ3v) is 7.58. The standard InChI is InChI=1S/C27H23F3N2O2S/c1-2-24(34)32-21-7-4-3-6-19(21)31-20-14-17(23-8-5-13-35-23)15-22(33)25(20)26(32)16-9-11-18(12-10-16)27(28,29)30/h3-14,17,25-26,31H,2,15H2,1H3. The zero-order valence-electron chi connectivity index (χ0n) is 18.9. The maximum absolute atomic E-state index is 13.7. The summed E-state index contributed by atoms with van der Waals surface area (Å²) in [5.74, 6) is -1.10. The molecule has 0 bridgehead atoms. The van der Waals surface area contributed by atoms with Crippen molar-refractivity contribution in [1.29, 1.82) is 0 Å². The minimum atomic E-state index is -4.48. The Hall–Kier alpha value is -3.39. The number of amides is 1. The molecule has 180 valence electrons. The largest absolute Gasteiger partial charge is 0.416 e. The van der Waals surface area contributed by atoms with Gasteiger partial charge in [-0.15, -0.1) is 11.3 Å². The lowest BCUT2D eigenvalue weighted by Gasteiger charge is -2.37. The number of thiophene rings is 1. The van der Waals surface area contributed by atoms with Gasteiger partial charge in [-0.05, 0) is 41.3 Å². The summed E-state index contributed by atoms with van der Waals surface area (Å²) in [7, 11) is 0. The molecule has 0 spiro atoms. The highest BCUT2D eigenvalue weighted by Gasteiger charge is 2.45. The molecule has 0 saturated heterocycles. The van der Waals surface area contributed by atoms with Crippen molar-refractivity contribution >= 4 is 34.4 Å². The first-order valence-electron chi connectivity index (χ1n) is 11.4. The molecule has 4 nitrogen and oxygen atoms in total. The molecule has 1 aliphatic carbocycles. The van der Waals surface area contributed by atoms with Crippen LogP contribution < -0.4 is 10.2 Å². The van der Waals surface area contributed by atoms with Crippen molar-refractivity contribution in [3.8, 4) is 0 Å². The Kier molecular flexibility index (Phi) is 6.01. The van der Waals surface area contributed by atoms with E-state index in [0.29, 0.717) is 22.6 Å². The van der Waals surface area contributed by atoms with E-state index in [1.165, 1.54) is 12.1 Å². The van der Waals surface area contributed by atoms with Gasteiger partial charge in [0.05, 0.1) is 28.9 Å². The number of halogens is 3. The third-order valence-electron chi connectivity index (χ3n) is 6.58. The molecule has 0 radical (unpaired) electrons. The van der Waals surface area contributed by atoms with Crippen molar-refractivity contribution in [2.24, 2.45) is 5.92 Å². The van der Waals surface area contributed by atoms with Gasteiger partial charge in [0.15, 0.2) is 0 Å². The zero-order chi connectivity index (χ0) is 24.7. The van der Waals surface area contributed by atoms with Crippen LogP contribution in [0, 0.1) is 5.92 Å². The van der Waals surface area contributed by atoms with Crippen LogP contribution in [0.5, 0.6) is 0 Å². The Morgan fingerprint density at radius 3 is 2.49 bits per heavy atom. The molecule has 2 aromatic carbocycles. The molecule has 2 heterocycles. The lowest BCUT2D eigenvalue weighted by Crippen LogP contribution is -2.42. The van der Waals surface area contributed by atoms with E-state index in [0.717, 1.165) is 17.0 Å². The highest BCUT2D eigenvalue weighted by molar-refractivity contribution is 7.10. The van der Waals surface area contributed by atoms with Crippen molar-refractivity contribution in [1.82, 2.24) is 0 Å². The Bertz CT molecular complexity index is 1280. The molecule has 3 aromatic rings. The van der Waals surface area contributed by atoms with Gasteiger partial charge in [0, 0.05) is 29.3 Å². The molecule has 1 N–H and O–H groups in total. The van der Waals surface area contributed by atoms with Crippen LogP contribution in [0.2, 0.25) is 0 Å². The van der Waals surface area contributed by atoms with E-state index in [2.05, 4.69) is 5.32 Å². The third kappa shape index (κ3) is 4.27. The minimum absolute atomic E-state index is 0.0555. The number of fused-ring (bicyclic) bond motifs is 2. The summed E-state index contributed by atoms with van der Waals surface area (Å²) in [4.78, 5) is 29.7. The fourth-order valence-corrected chi connectivity index (χ4v) is 5.76. The number of rotatable bonds is 3. The number of carbonyl (C=O) groups is 2. The topological polar surface area (TPSA) is 49.4 Å². The molecular weight excluding hydrogens is 473 g/mol. The number of Topliss-reactive ketones (excluding diaryl/α,β-unsaturated/α-hetero) is 1. The number of carbonyl (C=O) groups excluding carboxylic acids is 2. The predicted molar refractivity (Wildman–Crippen MR) is 130 cm³/mol. The van der Waals surface area contributed by atoms with Crippen LogP contribution >= 0.6 is 11.3 Å². The average molecular weight is 497 g/mol. The second-order valence-electron chi connectivity index (χ2n) is 8.72. The van der Waals surface area contributed by atoms with E-state index in [-0.39, 0.29) is 30.4 Å². The summed E-state index contributed by atoms with van der Waals surface area (Å²) in [5.41, 5.74) is 1.66. The van der Waals surface area contributed by atoms with Gasteiger partial charge < -0.3 is 10.2 Å². The molecule has 8 heteroatoms. The van der Waals surface area contributed by atoms with Crippen LogP contribution in [0.4, 0.5) is 24.5 Å². The molecule has 1 aliphatic heterocycles. The first kappa shape index (κ1) is 23.4. The summed E-state index contributed by atoms with van der Waals surface area (Å²) in [6.45, 7) is 1.74. The summed E-state index contributed by atoms with van der Waals surface area (Å²) in [6, 6.07) is 15.2. The molecule has 0 fully saturated rings. The van der Waals surface area contributed by atoms with E-state index in [9.17, 15) is 22.8 Å². The molecule has 1 amide bonds. The van der Waals surface area contributed by atoms with Crippen LogP contribution in [0.25, 0.3) is 0 Å². The monoisotopic (exact) mass is 496 g/mol. The van der Waals surface area contributed by atoms with Gasteiger partial charge in [-0.2, -0.15) is 13.2 Å². The number of nitrogens with zero attached hydrogens (tertiary/aromatic N) is 1. The van der Waals surface area contributed by atoms with Crippen molar-refractivity contribution in [3.63, 3.8) is 0 Å². The lowest BCUT2D eigenvalue weighted by molar-refractivity contribution is -0.137. The fourth-order valence-electron chi connectivity index (χ4n) is 4.96. The Morgan fingerprint density at radius 1 is 1.09 bits per heavy atom. The second-order valence-corrected chi connectivity index (χ2v) is 9.70. The number of para-hydroxylation sites is 2. The van der Waals surface area contributed by atoms with Crippen LogP contribution in [0.3, 0.4) is 0 Å². The van der Waals surface area contributed by atoms with Gasteiger partial charge >= 0.3 is 6.18 Å². The zero-order valence-corrected chi connectivity index (χ0v) is 19.7. The molecule has 1 aromatic heterocycles. The van der Waals surface area contributed by atoms with Crippen LogP contribution in [-0.4, -0.2) is 11.7 Å². The van der Waals surface area contributed by atoms with E-state index in [4.69, 9.17) is 0 Å². The van der Waals surface area contributed by atoms with Gasteiger partial charge in [-0.1, -0.05) is 43.3 Å². The Balaban J connectivity index is 1.70. The SMILES string of the molecule is CCC(=O)N1c2ccccc2NC2=CC(c3cccs3)CC(=O)C2C1c1ccc(C(F)(F)F)cc1. The fraction of sp³-hybridized carbons (Fsp3) is 0.259. The molecule has 2 aliphatic rings. The second kappa shape index (κ2) is 9.00. The van der Waals surface area contributed by atoms with Crippen molar-refractivity contribution in [2.75, 3.05) is 10.2 Å². The summed E-state index contributed by atoms with van der Waals surface area (Å²) in [6.07, 6.45) is -2.00. The normalized spacial score (nSPS) is 21.9. The minimum Gasteiger partial charge on any atom is -0.357 e. The number of anilines is 2. The molecular formula is C27H23F3N2O2S. The van der Waals surface area contributed by atoms with Crippen LogP contribution in [0.1, 0.15) is 47.7 Å². The predicted octanol–water partition coefficient (Wildman–Crippen LogP) is 6.93. The van der Waals surface area contributed by atoms with E-state index >= 15 is 0 Å².